The lowest BCUT2D eigenvalue weighted by atomic mass is 10.1. The molecule has 0 unspecified atom stereocenters. The van der Waals surface area contributed by atoms with Crippen LogP contribution in [0.3, 0.4) is 0 Å². The highest BCUT2D eigenvalue weighted by Crippen LogP contribution is 2.21. The second-order valence-electron chi connectivity index (χ2n) is 5.21. The minimum Gasteiger partial charge on any atom is -0.402 e. The van der Waals surface area contributed by atoms with Gasteiger partial charge in [0.1, 0.15) is 0 Å². The van der Waals surface area contributed by atoms with Gasteiger partial charge in [0.05, 0.1) is 0 Å². The number of ether oxygens (including phenoxy) is 1. The molecule has 1 aliphatic rings. The zero-order valence-electron chi connectivity index (χ0n) is 12.3. The second kappa shape index (κ2) is 6.04. The molecule has 0 saturated heterocycles. The Morgan fingerprint density at radius 2 is 1.82 bits per heavy atom. The van der Waals surface area contributed by atoms with Crippen LogP contribution in [-0.2, 0) is 9.53 Å². The predicted molar refractivity (Wildman–Crippen MR) is 95.7 cm³/mol. The van der Waals surface area contributed by atoms with Crippen molar-refractivity contribution in [1.82, 2.24) is 0 Å². The van der Waals surface area contributed by atoms with E-state index in [1.54, 1.807) is 6.08 Å². The predicted octanol–water partition coefficient (Wildman–Crippen LogP) is 4.25. The number of carbonyl (C=O) groups is 1. The number of rotatable bonds is 2. The third-order valence-electron chi connectivity index (χ3n) is 3.41. The molecule has 0 atom stereocenters. The average molecular weight is 403 g/mol. The van der Waals surface area contributed by atoms with Crippen molar-refractivity contribution in [3.63, 3.8) is 0 Å². The smallest absolute Gasteiger partial charge is 0.363 e. The monoisotopic (exact) mass is 403 g/mol. The van der Waals surface area contributed by atoms with Crippen LogP contribution in [-0.4, -0.2) is 11.9 Å². The summed E-state index contributed by atoms with van der Waals surface area (Å²) in [5.74, 6) is -0.0466. The van der Waals surface area contributed by atoms with Gasteiger partial charge in [-0.25, -0.2) is 9.79 Å². The lowest BCUT2D eigenvalue weighted by Crippen LogP contribution is -2.05. The average Bonchev–Trinajstić information content (AvgIpc) is 2.85. The molecule has 0 N–H and O–H groups in total. The zero-order valence-corrected chi connectivity index (χ0v) is 14.4. The van der Waals surface area contributed by atoms with Crippen molar-refractivity contribution in [2.45, 2.75) is 13.8 Å². The molecule has 1 aliphatic heterocycles. The van der Waals surface area contributed by atoms with Gasteiger partial charge < -0.3 is 4.74 Å². The van der Waals surface area contributed by atoms with Gasteiger partial charge in [0.25, 0.3) is 0 Å². The van der Waals surface area contributed by atoms with Gasteiger partial charge in [-0.05, 0) is 71.8 Å². The van der Waals surface area contributed by atoms with Crippen LogP contribution in [0.1, 0.15) is 22.3 Å². The van der Waals surface area contributed by atoms with E-state index in [9.17, 15) is 4.79 Å². The molecular weight excluding hydrogens is 389 g/mol. The Balaban J connectivity index is 1.94. The molecule has 3 rings (SSSR count). The number of nitrogens with zero attached hydrogens (tertiary/aromatic N) is 1. The topological polar surface area (TPSA) is 38.7 Å². The Morgan fingerprint density at radius 1 is 1.09 bits per heavy atom. The van der Waals surface area contributed by atoms with E-state index in [-0.39, 0.29) is 0 Å². The molecule has 0 fully saturated rings. The first-order chi connectivity index (χ1) is 10.5. The molecular formula is C18H14INO2. The van der Waals surface area contributed by atoms with Gasteiger partial charge in [0.2, 0.25) is 5.90 Å². The lowest BCUT2D eigenvalue weighted by Gasteiger charge is -2.02. The molecule has 0 radical (unpaired) electrons. The van der Waals surface area contributed by atoms with Crippen LogP contribution >= 0.6 is 22.6 Å². The van der Waals surface area contributed by atoms with E-state index in [4.69, 9.17) is 4.74 Å². The van der Waals surface area contributed by atoms with Crippen LogP contribution in [0.5, 0.6) is 0 Å². The van der Waals surface area contributed by atoms with Gasteiger partial charge in [0.15, 0.2) is 5.70 Å². The Labute approximate surface area is 142 Å². The maximum atomic E-state index is 12.0. The van der Waals surface area contributed by atoms with E-state index < -0.39 is 5.97 Å². The second-order valence-corrected chi connectivity index (χ2v) is 6.37. The fourth-order valence-corrected chi connectivity index (χ4v) is 2.47. The quantitative estimate of drug-likeness (QED) is 0.427. The van der Waals surface area contributed by atoms with Crippen LogP contribution in [0.25, 0.3) is 6.08 Å². The summed E-state index contributed by atoms with van der Waals surface area (Å²) in [7, 11) is 0. The Bertz CT molecular complexity index is 804. The number of hydrogen-bond acceptors (Lipinski definition) is 3. The normalized spacial score (nSPS) is 15.9. The van der Waals surface area contributed by atoms with Gasteiger partial charge >= 0.3 is 5.97 Å². The van der Waals surface area contributed by atoms with E-state index in [0.717, 1.165) is 16.7 Å². The first kappa shape index (κ1) is 15.0. The fourth-order valence-electron chi connectivity index (χ4n) is 2.13. The van der Waals surface area contributed by atoms with Crippen molar-refractivity contribution >= 4 is 40.5 Å². The number of hydrogen-bond donors (Lipinski definition) is 0. The SMILES string of the molecule is Cc1ccc(/C=C2\N=C(c3ccc(I)c(C)c3)OC2=O)cc1. The molecule has 110 valence electrons. The van der Waals surface area contributed by atoms with Crippen LogP contribution in [0.2, 0.25) is 0 Å². The van der Waals surface area contributed by atoms with Gasteiger partial charge in [-0.1, -0.05) is 29.8 Å². The summed E-state index contributed by atoms with van der Waals surface area (Å²) in [6.45, 7) is 4.04. The van der Waals surface area contributed by atoms with Crippen molar-refractivity contribution in [3.8, 4) is 0 Å². The molecule has 0 aromatic heterocycles. The van der Waals surface area contributed by atoms with Crippen molar-refractivity contribution < 1.29 is 9.53 Å². The number of halogens is 1. The molecule has 4 heteroatoms. The number of carbonyl (C=O) groups excluding carboxylic acids is 1. The van der Waals surface area contributed by atoms with Gasteiger partial charge in [-0.3, -0.25) is 0 Å². The van der Waals surface area contributed by atoms with Crippen LogP contribution in [0.15, 0.2) is 53.2 Å². The molecule has 0 amide bonds. The summed E-state index contributed by atoms with van der Waals surface area (Å²) in [5, 5.41) is 0. The highest BCUT2D eigenvalue weighted by molar-refractivity contribution is 14.1. The van der Waals surface area contributed by atoms with E-state index in [0.29, 0.717) is 11.6 Å². The highest BCUT2D eigenvalue weighted by Gasteiger charge is 2.24. The standard InChI is InChI=1S/C18H14INO2/c1-11-3-5-13(6-4-11)10-16-18(21)22-17(20-16)14-7-8-15(19)12(2)9-14/h3-10H,1-2H3/b16-10-. The summed E-state index contributed by atoms with van der Waals surface area (Å²) < 4.78 is 6.46. The number of cyclic esters (lactones) is 1. The largest absolute Gasteiger partial charge is 0.402 e. The van der Waals surface area contributed by atoms with Crippen LogP contribution in [0, 0.1) is 17.4 Å². The number of aliphatic imine (C=N–C) groups is 1. The van der Waals surface area contributed by atoms with E-state index in [1.165, 1.54) is 9.13 Å². The van der Waals surface area contributed by atoms with Crippen molar-refractivity contribution in [3.05, 3.63) is 74.0 Å². The van der Waals surface area contributed by atoms with E-state index in [1.807, 2.05) is 56.3 Å². The summed E-state index contributed by atoms with van der Waals surface area (Å²) in [5.41, 5.74) is 4.39. The van der Waals surface area contributed by atoms with Gasteiger partial charge in [0, 0.05) is 9.13 Å². The van der Waals surface area contributed by atoms with Crippen LogP contribution in [0.4, 0.5) is 0 Å². The van der Waals surface area contributed by atoms with E-state index >= 15 is 0 Å². The maximum absolute atomic E-state index is 12.0. The molecule has 2 aromatic rings. The minimum atomic E-state index is -0.410. The minimum absolute atomic E-state index is 0.329. The van der Waals surface area contributed by atoms with Crippen molar-refractivity contribution in [2.24, 2.45) is 4.99 Å². The van der Waals surface area contributed by atoms with Crippen molar-refractivity contribution in [2.75, 3.05) is 0 Å². The molecule has 0 saturated carbocycles. The fraction of sp³-hybridized carbons (Fsp3) is 0.111. The Morgan fingerprint density at radius 3 is 2.50 bits per heavy atom. The molecule has 1 heterocycles. The highest BCUT2D eigenvalue weighted by atomic mass is 127. The summed E-state index contributed by atoms with van der Waals surface area (Å²) in [6, 6.07) is 13.8. The lowest BCUT2D eigenvalue weighted by molar-refractivity contribution is -0.129. The number of esters is 1. The number of benzene rings is 2. The zero-order chi connectivity index (χ0) is 15.7. The first-order valence-corrected chi connectivity index (χ1v) is 7.96. The molecule has 0 spiro atoms. The van der Waals surface area contributed by atoms with Crippen molar-refractivity contribution in [1.29, 1.82) is 0 Å². The summed E-state index contributed by atoms with van der Waals surface area (Å²) in [6.07, 6.45) is 1.74. The molecule has 3 nitrogen and oxygen atoms in total. The molecule has 0 bridgehead atoms. The first-order valence-electron chi connectivity index (χ1n) is 6.89. The van der Waals surface area contributed by atoms with Gasteiger partial charge in [-0.2, -0.15) is 0 Å². The maximum Gasteiger partial charge on any atom is 0.363 e. The van der Waals surface area contributed by atoms with Gasteiger partial charge in [-0.15, -0.1) is 0 Å². The Hall–Kier alpha value is -1.95. The Kier molecular flexibility index (Phi) is 4.11. The molecule has 22 heavy (non-hydrogen) atoms. The summed E-state index contributed by atoms with van der Waals surface area (Å²) in [4.78, 5) is 16.3. The third-order valence-corrected chi connectivity index (χ3v) is 4.62. The third kappa shape index (κ3) is 3.11. The molecule has 2 aromatic carbocycles. The number of aryl methyl sites for hydroxylation is 2. The van der Waals surface area contributed by atoms with Crippen LogP contribution < -0.4 is 0 Å². The molecule has 0 aliphatic carbocycles. The van der Waals surface area contributed by atoms with E-state index in [2.05, 4.69) is 27.6 Å². The summed E-state index contributed by atoms with van der Waals surface area (Å²) >= 11 is 2.27.